The average molecular weight is 428 g/mol. The zero-order valence-corrected chi connectivity index (χ0v) is 17.3. The van der Waals surface area contributed by atoms with Crippen molar-refractivity contribution in [2.75, 3.05) is 14.1 Å². The SMILES string of the molecule is C[C@H]1c2cccc(O)c2C(O)=C2C(=O)[C@]3(O)C(O)=C(C(N)=O)C(=O)[C@@H](N(C)C)[C@@H]3C[C@@H]21. The Balaban J connectivity index is 2.01. The number of benzene rings is 1. The maximum atomic E-state index is 13.6. The number of amides is 1. The molecule has 9 heteroatoms. The van der Waals surface area contributed by atoms with E-state index in [0.29, 0.717) is 5.56 Å². The molecule has 1 aromatic carbocycles. The maximum absolute atomic E-state index is 13.6. The van der Waals surface area contributed by atoms with Gasteiger partial charge >= 0.3 is 0 Å². The molecule has 9 nitrogen and oxygen atoms in total. The lowest BCUT2D eigenvalue weighted by molar-refractivity contribution is -0.154. The van der Waals surface area contributed by atoms with Gasteiger partial charge in [-0.05, 0) is 44.0 Å². The summed E-state index contributed by atoms with van der Waals surface area (Å²) in [5.74, 6) is -6.82. The van der Waals surface area contributed by atoms with E-state index in [1.54, 1.807) is 26.2 Å². The molecular formula is C22H24N2O7. The molecule has 0 spiro atoms. The molecule has 1 fully saturated rings. The third kappa shape index (κ3) is 2.53. The molecule has 3 aliphatic rings. The monoisotopic (exact) mass is 428 g/mol. The van der Waals surface area contributed by atoms with Crippen molar-refractivity contribution >= 4 is 23.2 Å². The molecule has 0 aliphatic heterocycles. The van der Waals surface area contributed by atoms with Gasteiger partial charge in [-0.25, -0.2) is 0 Å². The van der Waals surface area contributed by atoms with E-state index >= 15 is 0 Å². The lowest BCUT2D eigenvalue weighted by Crippen LogP contribution is -2.65. The largest absolute Gasteiger partial charge is 0.508 e. The van der Waals surface area contributed by atoms with Crippen molar-refractivity contribution in [3.05, 3.63) is 46.2 Å². The van der Waals surface area contributed by atoms with E-state index in [0.717, 1.165) is 0 Å². The van der Waals surface area contributed by atoms with E-state index in [9.17, 15) is 34.8 Å². The number of carbonyl (C=O) groups excluding carboxylic acids is 3. The summed E-state index contributed by atoms with van der Waals surface area (Å²) in [6.45, 7) is 1.83. The summed E-state index contributed by atoms with van der Waals surface area (Å²) in [6, 6.07) is 3.64. The molecule has 1 aromatic rings. The van der Waals surface area contributed by atoms with Crippen molar-refractivity contribution in [3.8, 4) is 5.75 Å². The second kappa shape index (κ2) is 6.66. The van der Waals surface area contributed by atoms with Crippen LogP contribution in [-0.4, -0.2) is 68.5 Å². The number of nitrogens with zero attached hydrogens (tertiary/aromatic N) is 1. The van der Waals surface area contributed by atoms with Crippen molar-refractivity contribution in [2.24, 2.45) is 17.6 Å². The Morgan fingerprint density at radius 3 is 2.42 bits per heavy atom. The van der Waals surface area contributed by atoms with Crippen LogP contribution in [0.3, 0.4) is 0 Å². The van der Waals surface area contributed by atoms with Gasteiger partial charge in [0.2, 0.25) is 5.78 Å². The number of aliphatic hydroxyl groups is 3. The Morgan fingerprint density at radius 1 is 1.19 bits per heavy atom. The molecule has 0 radical (unpaired) electrons. The van der Waals surface area contributed by atoms with Gasteiger partial charge in [-0.1, -0.05) is 19.1 Å². The molecule has 0 unspecified atom stereocenters. The average Bonchev–Trinajstić information content (AvgIpc) is 2.68. The lowest BCUT2D eigenvalue weighted by Gasteiger charge is -2.51. The maximum Gasteiger partial charge on any atom is 0.255 e. The topological polar surface area (TPSA) is 161 Å². The first-order valence-corrected chi connectivity index (χ1v) is 9.91. The highest BCUT2D eigenvalue weighted by Crippen LogP contribution is 2.55. The number of primary amides is 1. The number of Topliss-reactive ketones (excluding diaryl/α,β-unsaturated/α-hetero) is 2. The van der Waals surface area contributed by atoms with Crippen LogP contribution in [0.25, 0.3) is 5.76 Å². The zero-order chi connectivity index (χ0) is 23.0. The number of fused-ring (bicyclic) bond motifs is 3. The summed E-state index contributed by atoms with van der Waals surface area (Å²) in [4.78, 5) is 40.0. The fraction of sp³-hybridized carbons (Fsp3) is 0.409. The summed E-state index contributed by atoms with van der Waals surface area (Å²) >= 11 is 0. The molecule has 0 saturated heterocycles. The number of phenolic OH excluding ortho intramolecular Hbond substituents is 1. The molecule has 0 aromatic heterocycles. The second-order valence-electron chi connectivity index (χ2n) is 8.70. The normalized spacial score (nSPS) is 32.7. The molecule has 5 atom stereocenters. The van der Waals surface area contributed by atoms with Crippen LogP contribution in [0.1, 0.15) is 30.4 Å². The number of rotatable bonds is 2. The van der Waals surface area contributed by atoms with Crippen molar-refractivity contribution in [2.45, 2.75) is 30.9 Å². The summed E-state index contributed by atoms with van der Waals surface area (Å²) in [6.07, 6.45) is 0.0720. The quantitative estimate of drug-likeness (QED) is 0.426. The standard InChI is InChI=1S/C22H24N2O7/c1-8-9-5-4-6-12(25)13(9)17(26)14-10(8)7-11-16(24(2)3)18(27)15(21(23)30)20(29)22(11,31)19(14)28/h4-6,8,10-11,16,25-26,29,31H,7H2,1-3H3,(H2,23,30)/t8-,10+,11-,16-,22-/m0/s1. The smallest absolute Gasteiger partial charge is 0.255 e. The van der Waals surface area contributed by atoms with Crippen LogP contribution in [0, 0.1) is 11.8 Å². The number of aliphatic hydroxyl groups excluding tert-OH is 2. The van der Waals surface area contributed by atoms with Gasteiger partial charge in [-0.3, -0.25) is 19.3 Å². The van der Waals surface area contributed by atoms with Crippen LogP contribution >= 0.6 is 0 Å². The predicted molar refractivity (Wildman–Crippen MR) is 109 cm³/mol. The summed E-state index contributed by atoms with van der Waals surface area (Å²) in [7, 11) is 3.13. The molecule has 0 bridgehead atoms. The van der Waals surface area contributed by atoms with Gasteiger partial charge < -0.3 is 26.2 Å². The number of hydrogen-bond donors (Lipinski definition) is 5. The van der Waals surface area contributed by atoms with Gasteiger partial charge in [0.15, 0.2) is 11.4 Å². The number of ketones is 2. The van der Waals surface area contributed by atoms with Crippen molar-refractivity contribution < 1.29 is 34.8 Å². The molecule has 3 aliphatic carbocycles. The Labute approximate surface area is 178 Å². The first-order valence-electron chi connectivity index (χ1n) is 9.91. The number of carbonyl (C=O) groups is 3. The van der Waals surface area contributed by atoms with Gasteiger partial charge in [0, 0.05) is 11.5 Å². The molecule has 6 N–H and O–H groups in total. The first-order chi connectivity index (χ1) is 14.4. The number of likely N-dealkylation sites (N-methyl/N-ethyl adjacent to an activating group) is 1. The van der Waals surface area contributed by atoms with Gasteiger partial charge in [0.05, 0.1) is 11.6 Å². The Morgan fingerprint density at radius 2 is 1.84 bits per heavy atom. The van der Waals surface area contributed by atoms with Gasteiger partial charge in [-0.2, -0.15) is 0 Å². The summed E-state index contributed by atoms with van der Waals surface area (Å²) < 4.78 is 0. The van der Waals surface area contributed by atoms with E-state index < -0.39 is 58.0 Å². The van der Waals surface area contributed by atoms with Gasteiger partial charge in [0.1, 0.15) is 22.8 Å². The lowest BCUT2D eigenvalue weighted by atomic mass is 9.55. The van der Waals surface area contributed by atoms with E-state index in [4.69, 9.17) is 5.73 Å². The van der Waals surface area contributed by atoms with Crippen LogP contribution in [0.15, 0.2) is 35.1 Å². The minimum atomic E-state index is -2.62. The molecule has 4 rings (SSSR count). The van der Waals surface area contributed by atoms with Crippen LogP contribution in [0.4, 0.5) is 0 Å². The van der Waals surface area contributed by atoms with Crippen LogP contribution in [-0.2, 0) is 14.4 Å². The number of nitrogens with two attached hydrogens (primary N) is 1. The highest BCUT2D eigenvalue weighted by molar-refractivity contribution is 6.24. The Kier molecular flexibility index (Phi) is 4.53. The first kappa shape index (κ1) is 21.1. The van der Waals surface area contributed by atoms with Gasteiger partial charge in [0.25, 0.3) is 5.91 Å². The molecule has 164 valence electrons. The highest BCUT2D eigenvalue weighted by atomic mass is 16.3. The van der Waals surface area contributed by atoms with E-state index in [1.807, 2.05) is 6.92 Å². The van der Waals surface area contributed by atoms with Crippen molar-refractivity contribution in [1.29, 1.82) is 0 Å². The van der Waals surface area contributed by atoms with Crippen LogP contribution in [0.5, 0.6) is 5.75 Å². The van der Waals surface area contributed by atoms with Crippen molar-refractivity contribution in [1.82, 2.24) is 4.90 Å². The number of aromatic hydroxyl groups is 1. The zero-order valence-electron chi connectivity index (χ0n) is 17.3. The minimum absolute atomic E-state index is 0.0720. The Hall–Kier alpha value is -3.17. The fourth-order valence-electron chi connectivity index (χ4n) is 5.50. The molecule has 0 heterocycles. The Bertz CT molecular complexity index is 1100. The van der Waals surface area contributed by atoms with E-state index in [1.165, 1.54) is 11.0 Å². The highest BCUT2D eigenvalue weighted by Gasteiger charge is 2.64. The molecule has 31 heavy (non-hydrogen) atoms. The van der Waals surface area contributed by atoms with E-state index in [-0.39, 0.29) is 29.2 Å². The van der Waals surface area contributed by atoms with Gasteiger partial charge in [-0.15, -0.1) is 0 Å². The minimum Gasteiger partial charge on any atom is -0.508 e. The summed E-state index contributed by atoms with van der Waals surface area (Å²) in [5, 5.41) is 43.5. The number of hydrogen-bond acceptors (Lipinski definition) is 8. The molecule has 1 amide bonds. The predicted octanol–water partition coefficient (Wildman–Crippen LogP) is 0.525. The summed E-state index contributed by atoms with van der Waals surface area (Å²) in [5.41, 5.74) is 2.42. The van der Waals surface area contributed by atoms with Crippen molar-refractivity contribution in [3.63, 3.8) is 0 Å². The molecule has 1 saturated carbocycles. The van der Waals surface area contributed by atoms with Crippen LogP contribution in [0.2, 0.25) is 0 Å². The van der Waals surface area contributed by atoms with E-state index in [2.05, 4.69) is 0 Å². The molecular weight excluding hydrogens is 404 g/mol. The second-order valence-corrected chi connectivity index (χ2v) is 8.70. The third-order valence-electron chi connectivity index (χ3n) is 6.96. The van der Waals surface area contributed by atoms with Crippen LogP contribution < -0.4 is 5.73 Å². The number of phenols is 1. The fourth-order valence-corrected chi connectivity index (χ4v) is 5.50. The third-order valence-corrected chi connectivity index (χ3v) is 6.96.